The first-order chi connectivity index (χ1) is 10.6. The molecular formula is C13H11Cl5N2O3. The molecule has 5 nitrogen and oxygen atoms in total. The molecule has 0 atom stereocenters. The van der Waals surface area contributed by atoms with E-state index in [1.54, 1.807) is 6.92 Å². The number of ether oxygens (including phenoxy) is 1. The molecule has 2 N–H and O–H groups in total. The van der Waals surface area contributed by atoms with Crippen molar-refractivity contribution in [3.05, 3.63) is 46.0 Å². The average molecular weight is 421 g/mol. The summed E-state index contributed by atoms with van der Waals surface area (Å²) in [6, 6.07) is 2.92. The number of carbonyl (C=O) groups is 2. The van der Waals surface area contributed by atoms with E-state index in [0.29, 0.717) is 22.3 Å². The first-order valence-corrected chi connectivity index (χ1v) is 8.00. The Kier molecular flexibility index (Phi) is 7.77. The first-order valence-electron chi connectivity index (χ1n) is 6.11. The molecule has 0 spiro atoms. The molecule has 2 heterocycles. The van der Waals surface area contributed by atoms with Crippen LogP contribution in [0.2, 0.25) is 10.0 Å². The van der Waals surface area contributed by atoms with E-state index in [4.69, 9.17) is 62.7 Å². The van der Waals surface area contributed by atoms with Gasteiger partial charge in [0.2, 0.25) is 5.78 Å². The van der Waals surface area contributed by atoms with Crippen molar-refractivity contribution in [2.24, 2.45) is 0 Å². The zero-order valence-electron chi connectivity index (χ0n) is 11.6. The zero-order chi connectivity index (χ0) is 17.6. The van der Waals surface area contributed by atoms with Crippen molar-refractivity contribution < 1.29 is 14.3 Å². The van der Waals surface area contributed by atoms with Crippen molar-refractivity contribution in [1.82, 2.24) is 9.97 Å². The molecule has 0 amide bonds. The highest BCUT2D eigenvalue weighted by Crippen LogP contribution is 2.30. The third kappa shape index (κ3) is 6.65. The van der Waals surface area contributed by atoms with Crippen LogP contribution in [0, 0.1) is 0 Å². The lowest BCUT2D eigenvalue weighted by Crippen LogP contribution is -2.18. The Balaban J connectivity index is 0.000000231. The van der Waals surface area contributed by atoms with E-state index in [9.17, 15) is 9.59 Å². The number of halogens is 5. The van der Waals surface area contributed by atoms with Crippen LogP contribution in [0.5, 0.6) is 0 Å². The van der Waals surface area contributed by atoms with E-state index in [2.05, 4.69) is 9.97 Å². The molecule has 0 unspecified atom stereocenters. The molecule has 2 aromatic heterocycles. The summed E-state index contributed by atoms with van der Waals surface area (Å²) in [6.45, 7) is 2.12. The van der Waals surface area contributed by atoms with Crippen molar-refractivity contribution in [3.8, 4) is 0 Å². The molecule has 2 rings (SSSR count). The predicted molar refractivity (Wildman–Crippen MR) is 92.2 cm³/mol. The van der Waals surface area contributed by atoms with Crippen LogP contribution in [0.4, 0.5) is 0 Å². The summed E-state index contributed by atoms with van der Waals surface area (Å²) in [7, 11) is 0. The second kappa shape index (κ2) is 8.85. The van der Waals surface area contributed by atoms with Crippen molar-refractivity contribution in [1.29, 1.82) is 0 Å². The highest BCUT2D eigenvalue weighted by atomic mass is 35.6. The van der Waals surface area contributed by atoms with Crippen LogP contribution < -0.4 is 0 Å². The maximum atomic E-state index is 11.2. The summed E-state index contributed by atoms with van der Waals surface area (Å²) < 4.78 is 2.78. The second-order valence-electron chi connectivity index (χ2n) is 4.01. The molecule has 2 aromatic rings. The third-order valence-electron chi connectivity index (χ3n) is 2.29. The van der Waals surface area contributed by atoms with Gasteiger partial charge in [-0.25, -0.2) is 4.79 Å². The Morgan fingerprint density at radius 1 is 1.04 bits per heavy atom. The lowest BCUT2D eigenvalue weighted by Gasteiger charge is -2.06. The molecule has 0 aromatic carbocycles. The van der Waals surface area contributed by atoms with Crippen LogP contribution in [0.3, 0.4) is 0 Å². The Morgan fingerprint density at radius 2 is 1.52 bits per heavy atom. The highest BCUT2D eigenvalue weighted by molar-refractivity contribution is 6.77. The molecule has 0 radical (unpaired) electrons. The van der Waals surface area contributed by atoms with Crippen molar-refractivity contribution in [3.63, 3.8) is 0 Å². The normalized spacial score (nSPS) is 10.7. The van der Waals surface area contributed by atoms with Crippen LogP contribution in [0.15, 0.2) is 24.5 Å². The molecular weight excluding hydrogens is 409 g/mol. The molecule has 0 bridgehead atoms. The van der Waals surface area contributed by atoms with Crippen LogP contribution in [0.25, 0.3) is 0 Å². The van der Waals surface area contributed by atoms with Crippen LogP contribution in [-0.4, -0.2) is 32.1 Å². The monoisotopic (exact) mass is 418 g/mol. The summed E-state index contributed by atoms with van der Waals surface area (Å²) in [5, 5.41) is 0.903. The fraction of sp³-hybridized carbons (Fsp3) is 0.231. The molecule has 0 aliphatic heterocycles. The van der Waals surface area contributed by atoms with E-state index in [-0.39, 0.29) is 11.7 Å². The quantitative estimate of drug-likeness (QED) is 0.414. The fourth-order valence-corrected chi connectivity index (χ4v) is 1.98. The maximum absolute atomic E-state index is 11.2. The lowest BCUT2D eigenvalue weighted by atomic mass is 10.3. The number of H-pyrrole nitrogens is 2. The number of aromatic amines is 2. The van der Waals surface area contributed by atoms with Gasteiger partial charge in [-0.2, -0.15) is 0 Å². The minimum Gasteiger partial charge on any atom is -0.461 e. The first kappa shape index (κ1) is 20.2. The fourth-order valence-electron chi connectivity index (χ4n) is 1.35. The van der Waals surface area contributed by atoms with Gasteiger partial charge in [0.05, 0.1) is 22.3 Å². The topological polar surface area (TPSA) is 75.0 Å². The number of nitrogens with one attached hydrogen (secondary N) is 2. The van der Waals surface area contributed by atoms with Gasteiger partial charge in [0.1, 0.15) is 5.69 Å². The lowest BCUT2D eigenvalue weighted by molar-refractivity contribution is 0.0520. The third-order valence-corrected chi connectivity index (χ3v) is 3.24. The number of esters is 1. The van der Waals surface area contributed by atoms with Gasteiger partial charge in [-0.05, 0) is 19.1 Å². The van der Waals surface area contributed by atoms with E-state index in [0.717, 1.165) is 0 Å². The summed E-state index contributed by atoms with van der Waals surface area (Å²) in [6.07, 6.45) is 2.97. The number of hydrogen-bond acceptors (Lipinski definition) is 3. The summed E-state index contributed by atoms with van der Waals surface area (Å²) in [5.74, 6) is -1.00. The Hall–Kier alpha value is -0.850. The smallest absolute Gasteiger partial charge is 0.354 e. The number of alkyl halides is 3. The van der Waals surface area contributed by atoms with Crippen molar-refractivity contribution in [2.75, 3.05) is 6.61 Å². The van der Waals surface area contributed by atoms with Gasteiger partial charge in [-0.1, -0.05) is 58.0 Å². The maximum Gasteiger partial charge on any atom is 0.354 e. The molecule has 0 aliphatic rings. The summed E-state index contributed by atoms with van der Waals surface area (Å²) in [4.78, 5) is 27.4. The van der Waals surface area contributed by atoms with E-state index in [1.807, 2.05) is 0 Å². The van der Waals surface area contributed by atoms with Gasteiger partial charge >= 0.3 is 5.97 Å². The number of ketones is 1. The minimum atomic E-state index is -1.94. The minimum absolute atomic E-state index is 0.181. The number of carbonyl (C=O) groups excluding carboxylic acids is 2. The van der Waals surface area contributed by atoms with E-state index >= 15 is 0 Å². The van der Waals surface area contributed by atoms with Gasteiger partial charge in [0.25, 0.3) is 3.79 Å². The molecule has 0 aliphatic carbocycles. The SMILES string of the molecule is CCOC(=O)c1cc(Cl)c[nH]1.O=C(c1cc(Cl)c[nH]1)C(Cl)(Cl)Cl. The van der Waals surface area contributed by atoms with Gasteiger partial charge in [0, 0.05) is 12.4 Å². The van der Waals surface area contributed by atoms with E-state index in [1.165, 1.54) is 24.5 Å². The molecule has 10 heteroatoms. The van der Waals surface area contributed by atoms with Crippen LogP contribution in [0.1, 0.15) is 27.9 Å². The second-order valence-corrected chi connectivity index (χ2v) is 7.16. The summed E-state index contributed by atoms with van der Waals surface area (Å²) >= 11 is 27.1. The molecule has 23 heavy (non-hydrogen) atoms. The predicted octanol–water partition coefficient (Wildman–Crippen LogP) is 5.07. The largest absolute Gasteiger partial charge is 0.461 e. The Bertz CT molecular complexity index is 675. The number of Topliss-reactive ketones (excluding diaryl/α,β-unsaturated/α-hetero) is 1. The van der Waals surface area contributed by atoms with Gasteiger partial charge in [0.15, 0.2) is 0 Å². The highest BCUT2D eigenvalue weighted by Gasteiger charge is 2.32. The van der Waals surface area contributed by atoms with Crippen molar-refractivity contribution >= 4 is 69.8 Å². The van der Waals surface area contributed by atoms with E-state index < -0.39 is 9.58 Å². The number of hydrogen-bond donors (Lipinski definition) is 2. The molecule has 0 saturated carbocycles. The molecule has 0 saturated heterocycles. The molecule has 126 valence electrons. The Labute approximate surface area is 157 Å². The number of rotatable bonds is 3. The summed E-state index contributed by atoms with van der Waals surface area (Å²) in [5.41, 5.74) is 0.567. The van der Waals surface area contributed by atoms with Crippen LogP contribution in [-0.2, 0) is 4.74 Å². The standard InChI is InChI=1S/C7H8ClNO2.C6H3Cl4NO/c1-2-11-7(10)6-3-5(8)4-9-6;7-3-1-4(11-2-3)5(12)6(8,9)10/h3-4,9H,2H2,1H3;1-2,11H. The van der Waals surface area contributed by atoms with Gasteiger partial charge in [-0.3, -0.25) is 4.79 Å². The average Bonchev–Trinajstić information content (AvgIpc) is 3.07. The molecule has 0 fully saturated rings. The van der Waals surface area contributed by atoms with Gasteiger partial charge < -0.3 is 14.7 Å². The van der Waals surface area contributed by atoms with Crippen molar-refractivity contribution in [2.45, 2.75) is 10.7 Å². The number of aromatic nitrogens is 2. The zero-order valence-corrected chi connectivity index (χ0v) is 15.4. The van der Waals surface area contributed by atoms with Gasteiger partial charge in [-0.15, -0.1) is 0 Å². The van der Waals surface area contributed by atoms with Crippen LogP contribution >= 0.6 is 58.0 Å². The Morgan fingerprint density at radius 3 is 1.87 bits per heavy atom.